The van der Waals surface area contributed by atoms with E-state index in [1.165, 1.54) is 6.39 Å². The summed E-state index contributed by atoms with van der Waals surface area (Å²) in [5.41, 5.74) is 3.82. The van der Waals surface area contributed by atoms with Crippen molar-refractivity contribution < 1.29 is 4.42 Å². The van der Waals surface area contributed by atoms with Gasteiger partial charge in [0.1, 0.15) is 5.52 Å². The summed E-state index contributed by atoms with van der Waals surface area (Å²) < 4.78 is 5.50. The minimum Gasteiger partial charge on any atom is -0.443 e. The average Bonchev–Trinajstić information content (AvgIpc) is 2.97. The maximum Gasteiger partial charge on any atom is 0.182 e. The number of hydrogen-bond acceptors (Lipinski definition) is 3. The SMILES string of the molecule is c1ccc(Nc2ccc3ccc4ncoc4c3c2)cc1. The maximum atomic E-state index is 5.50. The Morgan fingerprint density at radius 3 is 2.60 bits per heavy atom. The summed E-state index contributed by atoms with van der Waals surface area (Å²) in [5.74, 6) is 0. The number of aromatic nitrogens is 1. The molecule has 0 aliphatic carbocycles. The first-order valence-electron chi connectivity index (χ1n) is 6.48. The standard InChI is InChI=1S/C17H12N2O/c1-2-4-13(5-3-1)19-14-8-6-12-7-9-16-17(15(12)10-14)20-11-18-16/h1-11,19H. The molecule has 0 saturated heterocycles. The molecular formula is C17H12N2O. The topological polar surface area (TPSA) is 38.1 Å². The zero-order valence-electron chi connectivity index (χ0n) is 10.7. The number of nitrogens with zero attached hydrogens (tertiary/aromatic N) is 1. The minimum atomic E-state index is 0.833. The Morgan fingerprint density at radius 2 is 1.70 bits per heavy atom. The maximum absolute atomic E-state index is 5.50. The number of fused-ring (bicyclic) bond motifs is 3. The van der Waals surface area contributed by atoms with Gasteiger partial charge in [-0.1, -0.05) is 30.3 Å². The molecule has 1 heterocycles. The van der Waals surface area contributed by atoms with E-state index in [2.05, 4.69) is 34.6 Å². The van der Waals surface area contributed by atoms with Crippen molar-refractivity contribution in [2.24, 2.45) is 0 Å². The highest BCUT2D eigenvalue weighted by molar-refractivity contribution is 6.04. The monoisotopic (exact) mass is 260 g/mol. The van der Waals surface area contributed by atoms with Gasteiger partial charge in [0.25, 0.3) is 0 Å². The van der Waals surface area contributed by atoms with Crippen molar-refractivity contribution in [3.8, 4) is 0 Å². The largest absolute Gasteiger partial charge is 0.443 e. The highest BCUT2D eigenvalue weighted by Crippen LogP contribution is 2.28. The first kappa shape index (κ1) is 11.1. The lowest BCUT2D eigenvalue weighted by atomic mass is 10.1. The van der Waals surface area contributed by atoms with Gasteiger partial charge in [0.2, 0.25) is 0 Å². The summed E-state index contributed by atoms with van der Waals surface area (Å²) in [6, 6.07) is 20.4. The molecule has 4 rings (SSSR count). The molecule has 3 heteroatoms. The Kier molecular flexibility index (Phi) is 2.42. The highest BCUT2D eigenvalue weighted by atomic mass is 16.3. The van der Waals surface area contributed by atoms with Gasteiger partial charge in [-0.3, -0.25) is 0 Å². The molecule has 0 amide bonds. The van der Waals surface area contributed by atoms with Crippen LogP contribution >= 0.6 is 0 Å². The Labute approximate surface area is 115 Å². The van der Waals surface area contributed by atoms with Gasteiger partial charge in [-0.25, -0.2) is 4.98 Å². The van der Waals surface area contributed by atoms with E-state index in [-0.39, 0.29) is 0 Å². The summed E-state index contributed by atoms with van der Waals surface area (Å²) in [6.45, 7) is 0. The van der Waals surface area contributed by atoms with Crippen LogP contribution in [0.3, 0.4) is 0 Å². The lowest BCUT2D eigenvalue weighted by Gasteiger charge is -2.07. The molecule has 0 fully saturated rings. The third-order valence-corrected chi connectivity index (χ3v) is 3.38. The number of rotatable bonds is 2. The predicted molar refractivity (Wildman–Crippen MR) is 81.2 cm³/mol. The number of anilines is 2. The summed E-state index contributed by atoms with van der Waals surface area (Å²) in [5, 5.41) is 5.61. The van der Waals surface area contributed by atoms with Gasteiger partial charge in [0.15, 0.2) is 12.0 Å². The minimum absolute atomic E-state index is 0.833. The zero-order chi connectivity index (χ0) is 13.4. The summed E-state index contributed by atoms with van der Waals surface area (Å²) in [6.07, 6.45) is 1.49. The van der Waals surface area contributed by atoms with E-state index < -0.39 is 0 Å². The second kappa shape index (κ2) is 4.38. The Bertz CT molecular complexity index is 881. The van der Waals surface area contributed by atoms with Gasteiger partial charge in [-0.05, 0) is 35.7 Å². The lowest BCUT2D eigenvalue weighted by Crippen LogP contribution is -1.89. The van der Waals surface area contributed by atoms with Gasteiger partial charge < -0.3 is 9.73 Å². The molecule has 3 nitrogen and oxygen atoms in total. The fourth-order valence-corrected chi connectivity index (χ4v) is 2.41. The quantitative estimate of drug-likeness (QED) is 0.566. The number of para-hydroxylation sites is 1. The van der Waals surface area contributed by atoms with Crippen molar-refractivity contribution in [3.63, 3.8) is 0 Å². The fraction of sp³-hybridized carbons (Fsp3) is 0. The molecule has 1 N–H and O–H groups in total. The number of hydrogen-bond donors (Lipinski definition) is 1. The molecule has 96 valence electrons. The molecule has 3 aromatic carbocycles. The summed E-state index contributed by atoms with van der Waals surface area (Å²) in [4.78, 5) is 4.20. The van der Waals surface area contributed by atoms with Crippen molar-refractivity contribution in [2.45, 2.75) is 0 Å². The number of benzene rings is 3. The van der Waals surface area contributed by atoms with Crippen LogP contribution in [0, 0.1) is 0 Å². The average molecular weight is 260 g/mol. The fourth-order valence-electron chi connectivity index (χ4n) is 2.41. The van der Waals surface area contributed by atoms with Crippen molar-refractivity contribution in [1.29, 1.82) is 0 Å². The molecule has 0 bridgehead atoms. The van der Waals surface area contributed by atoms with E-state index in [1.54, 1.807) is 0 Å². The van der Waals surface area contributed by atoms with Crippen molar-refractivity contribution in [2.75, 3.05) is 5.32 Å². The van der Waals surface area contributed by atoms with Crippen LogP contribution in [0.4, 0.5) is 11.4 Å². The summed E-state index contributed by atoms with van der Waals surface area (Å²) >= 11 is 0. The van der Waals surface area contributed by atoms with Crippen molar-refractivity contribution in [3.05, 3.63) is 67.1 Å². The highest BCUT2D eigenvalue weighted by Gasteiger charge is 2.05. The van der Waals surface area contributed by atoms with E-state index in [1.807, 2.05) is 36.4 Å². The molecular weight excluding hydrogens is 248 g/mol. The molecule has 0 unspecified atom stereocenters. The van der Waals surface area contributed by atoms with Crippen molar-refractivity contribution in [1.82, 2.24) is 4.98 Å². The molecule has 1 aromatic heterocycles. The van der Waals surface area contributed by atoms with Gasteiger partial charge in [-0.2, -0.15) is 0 Å². The molecule has 0 radical (unpaired) electrons. The predicted octanol–water partition coefficient (Wildman–Crippen LogP) is 4.72. The number of oxazole rings is 1. The van der Waals surface area contributed by atoms with Crippen LogP contribution in [0.2, 0.25) is 0 Å². The molecule has 0 aliphatic heterocycles. The van der Waals surface area contributed by atoms with Crippen LogP contribution in [0.1, 0.15) is 0 Å². The van der Waals surface area contributed by atoms with E-state index in [0.717, 1.165) is 33.2 Å². The van der Waals surface area contributed by atoms with Crippen LogP contribution in [0.15, 0.2) is 71.5 Å². The van der Waals surface area contributed by atoms with Gasteiger partial charge in [0.05, 0.1) is 0 Å². The van der Waals surface area contributed by atoms with Crippen LogP contribution in [0.5, 0.6) is 0 Å². The van der Waals surface area contributed by atoms with E-state index in [9.17, 15) is 0 Å². The molecule has 20 heavy (non-hydrogen) atoms. The van der Waals surface area contributed by atoms with E-state index in [0.29, 0.717) is 0 Å². The van der Waals surface area contributed by atoms with Gasteiger partial charge >= 0.3 is 0 Å². The third-order valence-electron chi connectivity index (χ3n) is 3.38. The van der Waals surface area contributed by atoms with Crippen LogP contribution in [0.25, 0.3) is 21.9 Å². The van der Waals surface area contributed by atoms with Crippen molar-refractivity contribution >= 4 is 33.2 Å². The number of nitrogens with one attached hydrogen (secondary N) is 1. The summed E-state index contributed by atoms with van der Waals surface area (Å²) in [7, 11) is 0. The molecule has 0 atom stereocenters. The van der Waals surface area contributed by atoms with Crippen LogP contribution in [-0.2, 0) is 0 Å². The first-order valence-corrected chi connectivity index (χ1v) is 6.48. The van der Waals surface area contributed by atoms with Gasteiger partial charge in [-0.15, -0.1) is 0 Å². The second-order valence-electron chi connectivity index (χ2n) is 4.69. The van der Waals surface area contributed by atoms with E-state index in [4.69, 9.17) is 4.42 Å². The second-order valence-corrected chi connectivity index (χ2v) is 4.69. The Hall–Kier alpha value is -2.81. The molecule has 0 aliphatic rings. The molecule has 4 aromatic rings. The normalized spacial score (nSPS) is 11.0. The molecule has 0 saturated carbocycles. The lowest BCUT2D eigenvalue weighted by molar-refractivity contribution is 0.605. The Balaban J connectivity index is 1.85. The van der Waals surface area contributed by atoms with Gasteiger partial charge in [0, 0.05) is 16.8 Å². The van der Waals surface area contributed by atoms with Crippen LogP contribution < -0.4 is 5.32 Å². The molecule has 0 spiro atoms. The van der Waals surface area contributed by atoms with E-state index >= 15 is 0 Å². The Morgan fingerprint density at radius 1 is 0.850 bits per heavy atom. The first-order chi connectivity index (χ1) is 9.90. The third kappa shape index (κ3) is 1.80. The van der Waals surface area contributed by atoms with Crippen LogP contribution in [-0.4, -0.2) is 4.98 Å². The smallest absolute Gasteiger partial charge is 0.182 e. The zero-order valence-corrected chi connectivity index (χ0v) is 10.7.